The van der Waals surface area contributed by atoms with E-state index in [4.69, 9.17) is 22.3 Å². The van der Waals surface area contributed by atoms with Crippen molar-refractivity contribution in [2.75, 3.05) is 13.1 Å². The Bertz CT molecular complexity index is 939. The number of amides is 1. The molecule has 3 heterocycles. The molecule has 128 valence electrons. The lowest BCUT2D eigenvalue weighted by Gasteiger charge is -2.31. The van der Waals surface area contributed by atoms with E-state index in [-0.39, 0.29) is 11.9 Å². The second kappa shape index (κ2) is 6.75. The number of halogens is 1. The number of fused-ring (bicyclic) bond motifs is 1. The Morgan fingerprint density at radius 2 is 2.12 bits per heavy atom. The molecule has 0 radical (unpaired) electrons. The highest BCUT2D eigenvalue weighted by Gasteiger charge is 2.24. The van der Waals surface area contributed by atoms with Crippen molar-refractivity contribution < 1.29 is 4.79 Å². The Morgan fingerprint density at radius 3 is 2.88 bits per heavy atom. The third kappa shape index (κ3) is 3.27. The Kier molecular flexibility index (Phi) is 4.46. The number of aromatic nitrogens is 1. The van der Waals surface area contributed by atoms with Gasteiger partial charge in [-0.3, -0.25) is 4.79 Å². The Labute approximate surface area is 155 Å². The summed E-state index contributed by atoms with van der Waals surface area (Å²) in [6, 6.07) is 13.5. The molecule has 1 aromatic carbocycles. The van der Waals surface area contributed by atoms with E-state index in [2.05, 4.69) is 0 Å². The zero-order chi connectivity index (χ0) is 17.4. The first-order valence-corrected chi connectivity index (χ1v) is 9.51. The van der Waals surface area contributed by atoms with Crippen molar-refractivity contribution >= 4 is 39.7 Å². The van der Waals surface area contributed by atoms with Crippen LogP contribution in [0.25, 0.3) is 21.5 Å². The maximum Gasteiger partial charge on any atom is 0.254 e. The van der Waals surface area contributed by atoms with Crippen molar-refractivity contribution in [3.05, 3.63) is 52.4 Å². The summed E-state index contributed by atoms with van der Waals surface area (Å²) in [5, 5.41) is 0.873. The van der Waals surface area contributed by atoms with Gasteiger partial charge in [0.25, 0.3) is 5.91 Å². The van der Waals surface area contributed by atoms with E-state index >= 15 is 0 Å². The van der Waals surface area contributed by atoms with Crippen LogP contribution in [0.4, 0.5) is 0 Å². The maximum atomic E-state index is 13.2. The molecule has 4 nitrogen and oxygen atoms in total. The molecule has 0 spiro atoms. The molecular weight excluding hydrogens is 354 g/mol. The summed E-state index contributed by atoms with van der Waals surface area (Å²) in [4.78, 5) is 20.7. The number of piperidine rings is 1. The molecule has 2 N–H and O–H groups in total. The molecule has 3 aromatic rings. The van der Waals surface area contributed by atoms with Gasteiger partial charge >= 0.3 is 0 Å². The number of carbonyl (C=O) groups excluding carboxylic acids is 1. The normalized spacial score (nSPS) is 17.8. The first-order chi connectivity index (χ1) is 12.1. The average Bonchev–Trinajstić information content (AvgIpc) is 3.06. The zero-order valence-electron chi connectivity index (χ0n) is 13.6. The molecule has 1 fully saturated rings. The minimum Gasteiger partial charge on any atom is -0.337 e. The van der Waals surface area contributed by atoms with Gasteiger partial charge in [-0.25, -0.2) is 4.98 Å². The largest absolute Gasteiger partial charge is 0.337 e. The van der Waals surface area contributed by atoms with Crippen LogP contribution in [-0.2, 0) is 0 Å². The molecule has 1 aliphatic heterocycles. The number of likely N-dealkylation sites (tertiary alicyclic amines) is 1. The zero-order valence-corrected chi connectivity index (χ0v) is 15.2. The SMILES string of the molecule is NC1CCCN(C(=O)c2cc(-c3ccc(Cl)s3)nc3ccccc23)C1. The number of thiophene rings is 1. The molecular formula is C19H18ClN3OS. The fourth-order valence-corrected chi connectivity index (χ4v) is 4.30. The summed E-state index contributed by atoms with van der Waals surface area (Å²) in [7, 11) is 0. The number of pyridine rings is 1. The Balaban J connectivity index is 1.82. The lowest BCUT2D eigenvalue weighted by molar-refractivity contribution is 0.0711. The monoisotopic (exact) mass is 371 g/mol. The van der Waals surface area contributed by atoms with E-state index in [1.54, 1.807) is 0 Å². The lowest BCUT2D eigenvalue weighted by atomic mass is 10.0. The highest BCUT2D eigenvalue weighted by Crippen LogP contribution is 2.32. The molecule has 1 saturated heterocycles. The number of nitrogens with zero attached hydrogens (tertiary/aromatic N) is 2. The molecule has 0 aliphatic carbocycles. The van der Waals surface area contributed by atoms with Crippen LogP contribution in [0.2, 0.25) is 4.34 Å². The topological polar surface area (TPSA) is 59.2 Å². The van der Waals surface area contributed by atoms with Crippen LogP contribution in [0.1, 0.15) is 23.2 Å². The smallest absolute Gasteiger partial charge is 0.254 e. The molecule has 0 bridgehead atoms. The van der Waals surface area contributed by atoms with Crippen LogP contribution in [-0.4, -0.2) is 34.9 Å². The average molecular weight is 372 g/mol. The minimum atomic E-state index is 0.0256. The van der Waals surface area contributed by atoms with Gasteiger partial charge in [-0.15, -0.1) is 11.3 Å². The fraction of sp³-hybridized carbons (Fsp3) is 0.263. The molecule has 1 atom stereocenters. The Hall–Kier alpha value is -1.95. The number of hydrogen-bond donors (Lipinski definition) is 1. The molecule has 6 heteroatoms. The summed E-state index contributed by atoms with van der Waals surface area (Å²) in [6.45, 7) is 1.36. The third-order valence-electron chi connectivity index (χ3n) is 4.52. The first kappa shape index (κ1) is 16.5. The molecule has 4 rings (SSSR count). The van der Waals surface area contributed by atoms with Crippen molar-refractivity contribution in [2.45, 2.75) is 18.9 Å². The number of benzene rings is 1. The van der Waals surface area contributed by atoms with Gasteiger partial charge < -0.3 is 10.6 Å². The van der Waals surface area contributed by atoms with Gasteiger partial charge in [0, 0.05) is 24.5 Å². The van der Waals surface area contributed by atoms with Gasteiger partial charge in [0.05, 0.1) is 26.0 Å². The second-order valence-corrected chi connectivity index (χ2v) is 8.04. The van der Waals surface area contributed by atoms with Gasteiger partial charge in [-0.1, -0.05) is 29.8 Å². The number of rotatable bonds is 2. The van der Waals surface area contributed by atoms with Crippen molar-refractivity contribution in [3.8, 4) is 10.6 Å². The van der Waals surface area contributed by atoms with Gasteiger partial charge in [-0.2, -0.15) is 0 Å². The maximum absolute atomic E-state index is 13.2. The van der Waals surface area contributed by atoms with Gasteiger partial charge in [-0.05, 0) is 37.1 Å². The molecule has 1 unspecified atom stereocenters. The number of hydrogen-bond acceptors (Lipinski definition) is 4. The van der Waals surface area contributed by atoms with E-state index in [9.17, 15) is 4.79 Å². The predicted molar refractivity (Wildman–Crippen MR) is 103 cm³/mol. The van der Waals surface area contributed by atoms with Crippen molar-refractivity contribution in [2.24, 2.45) is 5.73 Å². The van der Waals surface area contributed by atoms with E-state index in [0.29, 0.717) is 16.4 Å². The summed E-state index contributed by atoms with van der Waals surface area (Å²) < 4.78 is 0.708. The molecule has 25 heavy (non-hydrogen) atoms. The van der Waals surface area contributed by atoms with Crippen LogP contribution in [0, 0.1) is 0 Å². The Morgan fingerprint density at radius 1 is 1.28 bits per heavy atom. The van der Waals surface area contributed by atoms with Crippen LogP contribution >= 0.6 is 22.9 Å². The van der Waals surface area contributed by atoms with Crippen LogP contribution in [0.15, 0.2) is 42.5 Å². The second-order valence-electron chi connectivity index (χ2n) is 6.33. The quantitative estimate of drug-likeness (QED) is 0.735. The minimum absolute atomic E-state index is 0.0256. The van der Waals surface area contributed by atoms with Crippen LogP contribution in [0.3, 0.4) is 0 Å². The molecule has 2 aromatic heterocycles. The van der Waals surface area contributed by atoms with Gasteiger partial charge in [0.1, 0.15) is 0 Å². The predicted octanol–water partition coefficient (Wildman–Crippen LogP) is 4.18. The first-order valence-electron chi connectivity index (χ1n) is 8.32. The highest BCUT2D eigenvalue weighted by molar-refractivity contribution is 7.19. The summed E-state index contributed by atoms with van der Waals surface area (Å²) in [6.07, 6.45) is 1.92. The van der Waals surface area contributed by atoms with E-state index in [1.165, 1.54) is 11.3 Å². The number of nitrogens with two attached hydrogens (primary N) is 1. The van der Waals surface area contributed by atoms with Crippen molar-refractivity contribution in [3.63, 3.8) is 0 Å². The third-order valence-corrected chi connectivity index (χ3v) is 5.77. The van der Waals surface area contributed by atoms with Gasteiger partial charge in [0.2, 0.25) is 0 Å². The summed E-state index contributed by atoms with van der Waals surface area (Å²) >= 11 is 7.53. The van der Waals surface area contributed by atoms with Crippen molar-refractivity contribution in [1.82, 2.24) is 9.88 Å². The standard InChI is InChI=1S/C19H18ClN3OS/c20-18-8-7-17(25-18)16-10-14(13-5-1-2-6-15(13)22-16)19(24)23-9-3-4-12(21)11-23/h1-2,5-8,10,12H,3-4,9,11,21H2. The number of carbonyl (C=O) groups is 1. The summed E-state index contributed by atoms with van der Waals surface area (Å²) in [5.41, 5.74) is 8.33. The van der Waals surface area contributed by atoms with E-state index in [1.807, 2.05) is 47.4 Å². The number of para-hydroxylation sites is 1. The van der Waals surface area contributed by atoms with Crippen LogP contribution < -0.4 is 5.73 Å². The van der Waals surface area contributed by atoms with E-state index < -0.39 is 0 Å². The van der Waals surface area contributed by atoms with Crippen molar-refractivity contribution in [1.29, 1.82) is 0 Å². The highest BCUT2D eigenvalue weighted by atomic mass is 35.5. The molecule has 0 saturated carbocycles. The van der Waals surface area contributed by atoms with Crippen LogP contribution in [0.5, 0.6) is 0 Å². The fourth-order valence-electron chi connectivity index (χ4n) is 3.30. The molecule has 1 amide bonds. The summed E-state index contributed by atoms with van der Waals surface area (Å²) in [5.74, 6) is 0.0256. The van der Waals surface area contributed by atoms with E-state index in [0.717, 1.165) is 40.9 Å². The van der Waals surface area contributed by atoms with Gasteiger partial charge in [0.15, 0.2) is 0 Å². The lowest BCUT2D eigenvalue weighted by Crippen LogP contribution is -2.45. The molecule has 1 aliphatic rings.